The van der Waals surface area contributed by atoms with E-state index in [1.165, 1.54) is 0 Å². The van der Waals surface area contributed by atoms with E-state index in [1.807, 2.05) is 0 Å². The van der Waals surface area contributed by atoms with Gasteiger partial charge in [-0.2, -0.15) is 0 Å². The van der Waals surface area contributed by atoms with Crippen molar-refractivity contribution in [2.75, 3.05) is 12.3 Å². The number of amides is 1. The Morgan fingerprint density at radius 2 is 2.14 bits per heavy atom. The Hall–Kier alpha value is -0.790. The molecule has 1 unspecified atom stereocenters. The molecule has 0 aromatic rings. The fraction of sp³-hybridized carbons (Fsp3) is 0.714. The highest BCUT2D eigenvalue weighted by molar-refractivity contribution is 7.93. The van der Waals surface area contributed by atoms with Crippen molar-refractivity contribution in [1.82, 2.24) is 5.32 Å². The van der Waals surface area contributed by atoms with Crippen molar-refractivity contribution in [3.8, 4) is 0 Å². The molecule has 0 aromatic carbocycles. The lowest BCUT2D eigenvalue weighted by Gasteiger charge is -2.09. The SMILES string of the molecule is NC(CC(=O)O)C(=O)NCCCSO. The van der Waals surface area contributed by atoms with Crippen LogP contribution >= 0.6 is 12.0 Å². The molecule has 0 fully saturated rings. The maximum Gasteiger partial charge on any atom is 0.305 e. The highest BCUT2D eigenvalue weighted by Crippen LogP contribution is 1.93. The van der Waals surface area contributed by atoms with Gasteiger partial charge in [0.05, 0.1) is 12.5 Å². The molecular weight excluding hydrogens is 208 g/mol. The average Bonchev–Trinajstić information content (AvgIpc) is 2.11. The number of hydrogen-bond donors (Lipinski definition) is 4. The zero-order valence-electron chi connectivity index (χ0n) is 7.60. The summed E-state index contributed by atoms with van der Waals surface area (Å²) in [6.45, 7) is 0.389. The molecule has 82 valence electrons. The predicted octanol–water partition coefficient (Wildman–Crippen LogP) is -0.499. The number of carboxylic acid groups (broad SMARTS) is 1. The highest BCUT2D eigenvalue weighted by Gasteiger charge is 2.15. The van der Waals surface area contributed by atoms with Gasteiger partial charge in [0, 0.05) is 12.3 Å². The molecule has 1 amide bonds. The molecule has 0 rings (SSSR count). The van der Waals surface area contributed by atoms with Crippen LogP contribution in [0.25, 0.3) is 0 Å². The van der Waals surface area contributed by atoms with Crippen molar-refractivity contribution < 1.29 is 19.2 Å². The van der Waals surface area contributed by atoms with Crippen molar-refractivity contribution in [1.29, 1.82) is 0 Å². The predicted molar refractivity (Wildman–Crippen MR) is 52.9 cm³/mol. The van der Waals surface area contributed by atoms with E-state index in [4.69, 9.17) is 15.4 Å². The number of nitrogens with two attached hydrogens (primary N) is 1. The Morgan fingerprint density at radius 1 is 1.50 bits per heavy atom. The molecule has 0 aliphatic heterocycles. The van der Waals surface area contributed by atoms with Gasteiger partial charge < -0.3 is 20.7 Å². The van der Waals surface area contributed by atoms with Gasteiger partial charge >= 0.3 is 5.97 Å². The van der Waals surface area contributed by atoms with Crippen LogP contribution in [-0.2, 0) is 9.59 Å². The van der Waals surface area contributed by atoms with Gasteiger partial charge in [-0.1, -0.05) is 0 Å². The number of rotatable bonds is 7. The second kappa shape index (κ2) is 7.60. The largest absolute Gasteiger partial charge is 0.481 e. The van der Waals surface area contributed by atoms with Gasteiger partial charge in [-0.3, -0.25) is 9.59 Å². The lowest BCUT2D eigenvalue weighted by Crippen LogP contribution is -2.42. The Bertz CT molecular complexity index is 200. The maximum atomic E-state index is 11.1. The van der Waals surface area contributed by atoms with Crippen LogP contribution in [0.2, 0.25) is 0 Å². The van der Waals surface area contributed by atoms with Gasteiger partial charge in [0.1, 0.15) is 0 Å². The lowest BCUT2D eigenvalue weighted by atomic mass is 10.2. The van der Waals surface area contributed by atoms with E-state index in [0.717, 1.165) is 0 Å². The minimum Gasteiger partial charge on any atom is -0.481 e. The molecule has 0 spiro atoms. The minimum atomic E-state index is -1.10. The van der Waals surface area contributed by atoms with Crippen molar-refractivity contribution in [3.63, 3.8) is 0 Å². The van der Waals surface area contributed by atoms with Crippen molar-refractivity contribution in [3.05, 3.63) is 0 Å². The molecule has 0 saturated carbocycles. The van der Waals surface area contributed by atoms with Gasteiger partial charge in [0.2, 0.25) is 5.91 Å². The first kappa shape index (κ1) is 13.2. The van der Waals surface area contributed by atoms with E-state index in [-0.39, 0.29) is 6.42 Å². The number of carbonyl (C=O) groups is 2. The Kier molecular flexibility index (Phi) is 7.17. The van der Waals surface area contributed by atoms with E-state index in [9.17, 15) is 9.59 Å². The summed E-state index contributed by atoms with van der Waals surface area (Å²) in [5.41, 5.74) is 5.29. The quantitative estimate of drug-likeness (QED) is 0.341. The van der Waals surface area contributed by atoms with Crippen molar-refractivity contribution in [2.45, 2.75) is 18.9 Å². The monoisotopic (exact) mass is 222 g/mol. The van der Waals surface area contributed by atoms with Gasteiger partial charge in [-0.25, -0.2) is 0 Å². The Labute approximate surface area is 86.1 Å². The number of aliphatic carboxylic acids is 1. The molecule has 7 heteroatoms. The van der Waals surface area contributed by atoms with Crippen molar-refractivity contribution >= 4 is 23.9 Å². The van der Waals surface area contributed by atoms with Crippen LogP contribution in [0.15, 0.2) is 0 Å². The number of carbonyl (C=O) groups excluding carboxylic acids is 1. The number of hydrogen-bond acceptors (Lipinski definition) is 5. The summed E-state index contributed by atoms with van der Waals surface area (Å²) in [7, 11) is 0. The van der Waals surface area contributed by atoms with Gasteiger partial charge in [0.25, 0.3) is 0 Å². The van der Waals surface area contributed by atoms with Crippen LogP contribution in [0, 0.1) is 0 Å². The molecular formula is C7H14N2O4S. The first-order valence-electron chi connectivity index (χ1n) is 4.09. The third-order valence-corrected chi connectivity index (χ3v) is 1.91. The molecule has 5 N–H and O–H groups in total. The van der Waals surface area contributed by atoms with E-state index in [0.29, 0.717) is 30.8 Å². The molecule has 0 heterocycles. The molecule has 14 heavy (non-hydrogen) atoms. The van der Waals surface area contributed by atoms with Gasteiger partial charge in [-0.15, -0.1) is 0 Å². The summed E-state index contributed by atoms with van der Waals surface area (Å²) in [6, 6.07) is -1.01. The first-order valence-corrected chi connectivity index (χ1v) is 5.03. The third-order valence-electron chi connectivity index (χ3n) is 1.44. The molecule has 0 aliphatic rings. The van der Waals surface area contributed by atoms with E-state index >= 15 is 0 Å². The van der Waals surface area contributed by atoms with Crippen LogP contribution in [0.4, 0.5) is 0 Å². The standard InChI is InChI=1S/C7H14N2O4S/c8-5(4-6(10)11)7(12)9-2-1-3-14-13/h5,13H,1-4,8H2,(H,9,12)(H,10,11). The van der Waals surface area contributed by atoms with Crippen LogP contribution in [0.3, 0.4) is 0 Å². The van der Waals surface area contributed by atoms with E-state index < -0.39 is 17.9 Å². The topological polar surface area (TPSA) is 113 Å². The average molecular weight is 222 g/mol. The summed E-state index contributed by atoms with van der Waals surface area (Å²) >= 11 is 0.696. The summed E-state index contributed by atoms with van der Waals surface area (Å²) < 4.78 is 8.36. The normalized spacial score (nSPS) is 12.1. The fourth-order valence-electron chi connectivity index (χ4n) is 0.760. The molecule has 0 aliphatic carbocycles. The van der Waals surface area contributed by atoms with Crippen molar-refractivity contribution in [2.24, 2.45) is 5.73 Å². The van der Waals surface area contributed by atoms with E-state index in [2.05, 4.69) is 5.32 Å². The van der Waals surface area contributed by atoms with E-state index in [1.54, 1.807) is 0 Å². The molecule has 6 nitrogen and oxygen atoms in total. The molecule has 1 atom stereocenters. The van der Waals surface area contributed by atoms with Crippen LogP contribution in [-0.4, -0.2) is 39.9 Å². The summed E-state index contributed by atoms with van der Waals surface area (Å²) in [6.07, 6.45) is 0.243. The Balaban J connectivity index is 3.57. The van der Waals surface area contributed by atoms with Crippen LogP contribution in [0.5, 0.6) is 0 Å². The smallest absolute Gasteiger partial charge is 0.305 e. The second-order valence-electron chi connectivity index (χ2n) is 2.68. The second-order valence-corrected chi connectivity index (χ2v) is 3.35. The molecule has 0 radical (unpaired) electrons. The summed E-state index contributed by atoms with van der Waals surface area (Å²) in [5, 5.41) is 10.8. The highest BCUT2D eigenvalue weighted by atomic mass is 32.2. The zero-order chi connectivity index (χ0) is 11.0. The molecule has 0 bridgehead atoms. The Morgan fingerprint density at radius 3 is 2.64 bits per heavy atom. The minimum absolute atomic E-state index is 0.374. The van der Waals surface area contributed by atoms with Crippen LogP contribution in [0.1, 0.15) is 12.8 Å². The summed E-state index contributed by atoms with van der Waals surface area (Å²) in [5.74, 6) is -1.05. The number of nitrogens with one attached hydrogen (secondary N) is 1. The lowest BCUT2D eigenvalue weighted by molar-refractivity contribution is -0.139. The third kappa shape index (κ3) is 6.70. The summed E-state index contributed by atoms with van der Waals surface area (Å²) in [4.78, 5) is 21.3. The maximum absolute atomic E-state index is 11.1. The van der Waals surface area contributed by atoms with Gasteiger partial charge in [-0.05, 0) is 18.5 Å². The van der Waals surface area contributed by atoms with Crippen LogP contribution < -0.4 is 11.1 Å². The zero-order valence-corrected chi connectivity index (χ0v) is 8.42. The van der Waals surface area contributed by atoms with Gasteiger partial charge in [0.15, 0.2) is 0 Å². The fourth-order valence-corrected chi connectivity index (χ4v) is 1.03. The molecule has 0 saturated heterocycles. The number of carboxylic acids is 1. The molecule has 0 aromatic heterocycles. The first-order chi connectivity index (χ1) is 6.57.